The van der Waals surface area contributed by atoms with Gasteiger partial charge in [0.15, 0.2) is 5.78 Å². The highest BCUT2D eigenvalue weighted by atomic mass is 32.2. The molecule has 0 aromatic heterocycles. The molecule has 0 bridgehead atoms. The number of hydrogen-bond donors (Lipinski definition) is 0. The molecule has 2 aliphatic rings. The Hall–Kier alpha value is -3.02. The first-order valence-electron chi connectivity index (χ1n) is 10.4. The standard InChI is InChI=1S/C23H23N3O4S/c24-16-17-4-1-6-20(14-17)31(29,30)26-11-3-10-25(12-13-26)23(28)19-8-9-21-18(15-19)5-2-7-22(21)27/h1,4,6,8-9,14-15H,2-3,5,7,10-13H2. The zero-order valence-electron chi connectivity index (χ0n) is 17.1. The molecule has 1 heterocycles. The summed E-state index contributed by atoms with van der Waals surface area (Å²) in [5.41, 5.74) is 2.44. The zero-order valence-corrected chi connectivity index (χ0v) is 17.9. The number of nitrogens with zero attached hydrogens (tertiary/aromatic N) is 3. The van der Waals surface area contributed by atoms with Gasteiger partial charge in [-0.1, -0.05) is 12.1 Å². The van der Waals surface area contributed by atoms with Crippen LogP contribution in [0.4, 0.5) is 0 Å². The quantitative estimate of drug-likeness (QED) is 0.735. The Bertz CT molecular complexity index is 1180. The average molecular weight is 438 g/mol. The molecule has 7 nitrogen and oxygen atoms in total. The minimum Gasteiger partial charge on any atom is -0.337 e. The lowest BCUT2D eigenvalue weighted by Gasteiger charge is -2.23. The summed E-state index contributed by atoms with van der Waals surface area (Å²) in [5.74, 6) is -0.0251. The van der Waals surface area contributed by atoms with E-state index in [-0.39, 0.29) is 29.7 Å². The normalized spacial score (nSPS) is 17.5. The number of benzene rings is 2. The molecule has 8 heteroatoms. The lowest BCUT2D eigenvalue weighted by atomic mass is 9.89. The van der Waals surface area contributed by atoms with E-state index in [1.807, 2.05) is 12.1 Å². The van der Waals surface area contributed by atoms with Crippen LogP contribution in [0.15, 0.2) is 47.4 Å². The number of Topliss-reactive ketones (excluding diaryl/α,β-unsaturated/α-hetero) is 1. The van der Waals surface area contributed by atoms with Crippen LogP contribution in [0.1, 0.15) is 51.1 Å². The van der Waals surface area contributed by atoms with Gasteiger partial charge in [0.2, 0.25) is 10.0 Å². The van der Waals surface area contributed by atoms with Crippen LogP contribution >= 0.6 is 0 Å². The predicted octanol–water partition coefficient (Wildman–Crippen LogP) is 2.61. The van der Waals surface area contributed by atoms with Crippen molar-refractivity contribution in [2.24, 2.45) is 0 Å². The highest BCUT2D eigenvalue weighted by Gasteiger charge is 2.29. The number of ketones is 1. The van der Waals surface area contributed by atoms with Crippen molar-refractivity contribution in [3.8, 4) is 6.07 Å². The van der Waals surface area contributed by atoms with E-state index in [1.165, 1.54) is 16.4 Å². The summed E-state index contributed by atoms with van der Waals surface area (Å²) in [4.78, 5) is 26.9. The van der Waals surface area contributed by atoms with Gasteiger partial charge in [-0.3, -0.25) is 9.59 Å². The Morgan fingerprint density at radius 1 is 0.968 bits per heavy atom. The van der Waals surface area contributed by atoms with Gasteiger partial charge in [-0.2, -0.15) is 9.57 Å². The van der Waals surface area contributed by atoms with Gasteiger partial charge in [0, 0.05) is 43.7 Å². The lowest BCUT2D eigenvalue weighted by Crippen LogP contribution is -2.37. The molecule has 2 aromatic carbocycles. The second kappa shape index (κ2) is 8.61. The number of sulfonamides is 1. The largest absolute Gasteiger partial charge is 0.337 e. The Balaban J connectivity index is 1.49. The molecule has 1 amide bonds. The van der Waals surface area contributed by atoms with Crippen LogP contribution in [0.25, 0.3) is 0 Å². The molecule has 0 radical (unpaired) electrons. The van der Waals surface area contributed by atoms with Crippen molar-refractivity contribution in [1.29, 1.82) is 5.26 Å². The molecule has 0 N–H and O–H groups in total. The third kappa shape index (κ3) is 4.24. The van der Waals surface area contributed by atoms with E-state index in [0.717, 1.165) is 18.4 Å². The maximum Gasteiger partial charge on any atom is 0.253 e. The summed E-state index contributed by atoms with van der Waals surface area (Å²) in [6.07, 6.45) is 2.66. The SMILES string of the molecule is N#Cc1cccc(S(=O)(=O)N2CCCN(C(=O)c3ccc4c(c3)CCCC4=O)CC2)c1. The summed E-state index contributed by atoms with van der Waals surface area (Å²) in [6.45, 7) is 1.24. The molecule has 1 aliphatic heterocycles. The first kappa shape index (κ1) is 21.2. The second-order valence-electron chi connectivity index (χ2n) is 7.84. The topological polar surface area (TPSA) is 98.5 Å². The van der Waals surface area contributed by atoms with Gasteiger partial charge in [0.05, 0.1) is 16.5 Å². The van der Waals surface area contributed by atoms with Crippen molar-refractivity contribution >= 4 is 21.7 Å². The Kier molecular flexibility index (Phi) is 5.90. The number of rotatable bonds is 3. The minimum absolute atomic E-state index is 0.0886. The number of aryl methyl sites for hydroxylation is 1. The van der Waals surface area contributed by atoms with Crippen molar-refractivity contribution in [3.63, 3.8) is 0 Å². The van der Waals surface area contributed by atoms with Crippen molar-refractivity contribution in [2.75, 3.05) is 26.2 Å². The third-order valence-corrected chi connectivity index (χ3v) is 7.74. The van der Waals surface area contributed by atoms with Gasteiger partial charge in [0.25, 0.3) is 5.91 Å². The maximum absolute atomic E-state index is 13.1. The minimum atomic E-state index is -3.74. The van der Waals surface area contributed by atoms with E-state index in [4.69, 9.17) is 5.26 Å². The molecule has 1 saturated heterocycles. The first-order valence-corrected chi connectivity index (χ1v) is 11.8. The lowest BCUT2D eigenvalue weighted by molar-refractivity contribution is 0.0763. The first-order chi connectivity index (χ1) is 14.9. The Morgan fingerprint density at radius 3 is 2.61 bits per heavy atom. The summed E-state index contributed by atoms with van der Waals surface area (Å²) in [5, 5.41) is 9.05. The molecule has 0 spiro atoms. The van der Waals surface area contributed by atoms with Crippen molar-refractivity contribution in [1.82, 2.24) is 9.21 Å². The molecule has 1 aliphatic carbocycles. The number of carbonyl (C=O) groups excluding carboxylic acids is 2. The molecule has 2 aromatic rings. The van der Waals surface area contributed by atoms with Crippen LogP contribution in [0, 0.1) is 11.3 Å². The summed E-state index contributed by atoms with van der Waals surface area (Å²) < 4.78 is 27.4. The highest BCUT2D eigenvalue weighted by Crippen LogP contribution is 2.24. The van der Waals surface area contributed by atoms with Crippen molar-refractivity contribution < 1.29 is 18.0 Å². The average Bonchev–Trinajstić information content (AvgIpc) is 3.05. The smallest absolute Gasteiger partial charge is 0.253 e. The highest BCUT2D eigenvalue weighted by molar-refractivity contribution is 7.89. The van der Waals surface area contributed by atoms with Crippen LogP contribution in [-0.4, -0.2) is 55.5 Å². The maximum atomic E-state index is 13.1. The van der Waals surface area contributed by atoms with Gasteiger partial charge in [-0.15, -0.1) is 0 Å². The van der Waals surface area contributed by atoms with Gasteiger partial charge in [-0.25, -0.2) is 8.42 Å². The van der Waals surface area contributed by atoms with Crippen LogP contribution < -0.4 is 0 Å². The summed E-state index contributed by atoms with van der Waals surface area (Å²) in [7, 11) is -3.74. The Labute approximate surface area is 181 Å². The number of fused-ring (bicyclic) bond motifs is 1. The molecule has 1 fully saturated rings. The van der Waals surface area contributed by atoms with E-state index in [0.29, 0.717) is 42.6 Å². The number of nitriles is 1. The van der Waals surface area contributed by atoms with Crippen LogP contribution in [-0.2, 0) is 16.4 Å². The monoisotopic (exact) mass is 437 g/mol. The van der Waals surface area contributed by atoms with Gasteiger partial charge in [-0.05, 0) is 55.2 Å². The van der Waals surface area contributed by atoms with Crippen molar-refractivity contribution in [3.05, 3.63) is 64.7 Å². The summed E-state index contributed by atoms with van der Waals surface area (Å²) in [6, 6.07) is 13.2. The number of amides is 1. The molecule has 0 atom stereocenters. The van der Waals surface area contributed by atoms with Gasteiger partial charge in [0.1, 0.15) is 0 Å². The van der Waals surface area contributed by atoms with E-state index >= 15 is 0 Å². The third-order valence-electron chi connectivity index (χ3n) is 5.85. The molecule has 0 saturated carbocycles. The van der Waals surface area contributed by atoms with Gasteiger partial charge < -0.3 is 4.90 Å². The van der Waals surface area contributed by atoms with Gasteiger partial charge >= 0.3 is 0 Å². The molecular weight excluding hydrogens is 414 g/mol. The van der Waals surface area contributed by atoms with Crippen molar-refractivity contribution in [2.45, 2.75) is 30.6 Å². The zero-order chi connectivity index (χ0) is 22.0. The van der Waals surface area contributed by atoms with E-state index < -0.39 is 10.0 Å². The van der Waals surface area contributed by atoms with E-state index in [9.17, 15) is 18.0 Å². The molecule has 160 valence electrons. The predicted molar refractivity (Wildman–Crippen MR) is 114 cm³/mol. The molecule has 0 unspecified atom stereocenters. The number of carbonyl (C=O) groups is 2. The van der Waals surface area contributed by atoms with Crippen LogP contribution in [0.2, 0.25) is 0 Å². The fraction of sp³-hybridized carbons (Fsp3) is 0.348. The molecule has 31 heavy (non-hydrogen) atoms. The molecular formula is C23H23N3O4S. The van der Waals surface area contributed by atoms with E-state index in [1.54, 1.807) is 29.2 Å². The fourth-order valence-corrected chi connectivity index (χ4v) is 5.69. The molecule has 4 rings (SSSR count). The van der Waals surface area contributed by atoms with Crippen LogP contribution in [0.3, 0.4) is 0 Å². The summed E-state index contributed by atoms with van der Waals surface area (Å²) >= 11 is 0. The Morgan fingerprint density at radius 2 is 1.81 bits per heavy atom. The van der Waals surface area contributed by atoms with Crippen LogP contribution in [0.5, 0.6) is 0 Å². The second-order valence-corrected chi connectivity index (χ2v) is 9.78. The number of hydrogen-bond acceptors (Lipinski definition) is 5. The van der Waals surface area contributed by atoms with E-state index in [2.05, 4.69) is 0 Å². The fourth-order valence-electron chi connectivity index (χ4n) is 4.17.